The highest BCUT2D eigenvalue weighted by atomic mass is 15.2. The Morgan fingerprint density at radius 2 is 1.61 bits per heavy atom. The van der Waals surface area contributed by atoms with Crippen molar-refractivity contribution in [1.29, 1.82) is 0 Å². The van der Waals surface area contributed by atoms with Crippen LogP contribution in [-0.2, 0) is 12.8 Å². The molecule has 0 radical (unpaired) electrons. The third-order valence-electron chi connectivity index (χ3n) is 9.68. The van der Waals surface area contributed by atoms with Gasteiger partial charge in [0.25, 0.3) is 0 Å². The summed E-state index contributed by atoms with van der Waals surface area (Å²) < 4.78 is 0. The van der Waals surface area contributed by atoms with E-state index in [1.54, 1.807) is 0 Å². The van der Waals surface area contributed by atoms with Crippen LogP contribution in [0.1, 0.15) is 65.6 Å². The number of hydrogen-bond donors (Lipinski definition) is 3. The molecule has 1 heterocycles. The van der Waals surface area contributed by atoms with E-state index in [0.29, 0.717) is 0 Å². The van der Waals surface area contributed by atoms with E-state index >= 15 is 0 Å². The minimum atomic E-state index is 0.0145. The lowest BCUT2D eigenvalue weighted by Crippen LogP contribution is -2.30. The average Bonchev–Trinajstić information content (AvgIpc) is 3.55. The van der Waals surface area contributed by atoms with Crippen LogP contribution in [0.3, 0.4) is 0 Å². The molecule has 0 saturated carbocycles. The van der Waals surface area contributed by atoms with Crippen molar-refractivity contribution in [1.82, 2.24) is 15.6 Å². The van der Waals surface area contributed by atoms with Gasteiger partial charge in [-0.25, -0.2) is 0 Å². The first kappa shape index (κ1) is 34.9. The number of aromatic amines is 1. The number of benzene rings is 4. The molecule has 0 spiro atoms. The van der Waals surface area contributed by atoms with Crippen LogP contribution in [0.2, 0.25) is 0 Å². The van der Waals surface area contributed by atoms with Crippen LogP contribution in [0.4, 0.5) is 5.69 Å². The van der Waals surface area contributed by atoms with Crippen molar-refractivity contribution in [3.05, 3.63) is 168 Å². The smallest absolute Gasteiger partial charge is 0.0560 e. The second-order valence-corrected chi connectivity index (χ2v) is 13.1. The molecule has 1 aromatic heterocycles. The second kappa shape index (κ2) is 16.1. The molecule has 0 amide bonds. The largest absolute Gasteiger partial charge is 0.388 e. The van der Waals surface area contributed by atoms with E-state index in [1.165, 1.54) is 33.2 Å². The normalized spacial score (nSPS) is 12.8. The van der Waals surface area contributed by atoms with E-state index in [0.717, 1.165) is 59.7 Å². The summed E-state index contributed by atoms with van der Waals surface area (Å²) in [6, 6.07) is 34.2. The van der Waals surface area contributed by atoms with Crippen molar-refractivity contribution in [2.45, 2.75) is 52.0 Å². The molecule has 0 aliphatic rings. The Balaban J connectivity index is 1.31. The summed E-state index contributed by atoms with van der Waals surface area (Å²) in [5.74, 6) is 3.17. The van der Waals surface area contributed by atoms with E-state index in [1.807, 2.05) is 13.1 Å². The minimum Gasteiger partial charge on any atom is -0.388 e. The van der Waals surface area contributed by atoms with E-state index in [-0.39, 0.29) is 17.9 Å². The summed E-state index contributed by atoms with van der Waals surface area (Å²) in [7, 11) is 1.90. The number of nitrogens with zero attached hydrogens (tertiary/aromatic N) is 1. The standard InChI is InChI=1S/C45H50N4/c1-9-38(28-37-16-11-10-12-17-37)40-23-21-39(22-24-40)36(7)49(43-19-14-18-41(29-43)34(5)46-8)35(6)32(3)27-33(4)47-26-25-42-30-48-45-31(2)15-13-20-44(42)45/h1,10-24,29-30,32,36,38,46-48H,4-6,25-28H2,2-3,7-8H3. The first-order valence-corrected chi connectivity index (χ1v) is 17.2. The van der Waals surface area contributed by atoms with Crippen molar-refractivity contribution >= 4 is 22.3 Å². The molecule has 0 bridgehead atoms. The van der Waals surface area contributed by atoms with Crippen LogP contribution in [0.5, 0.6) is 0 Å². The zero-order valence-corrected chi connectivity index (χ0v) is 29.5. The molecular formula is C45H50N4. The lowest BCUT2D eigenvalue weighted by atomic mass is 9.91. The number of aromatic nitrogens is 1. The quantitative estimate of drug-likeness (QED) is 0.0935. The number of H-pyrrole nitrogens is 1. The van der Waals surface area contributed by atoms with Crippen LogP contribution in [0.25, 0.3) is 16.6 Å². The molecule has 5 rings (SSSR count). The molecule has 4 nitrogen and oxygen atoms in total. The Kier molecular flexibility index (Phi) is 11.5. The van der Waals surface area contributed by atoms with Crippen molar-refractivity contribution in [3.63, 3.8) is 0 Å². The molecule has 4 heteroatoms. The van der Waals surface area contributed by atoms with Crippen LogP contribution >= 0.6 is 0 Å². The van der Waals surface area contributed by atoms with Crippen LogP contribution in [-0.4, -0.2) is 18.6 Å². The Morgan fingerprint density at radius 1 is 0.898 bits per heavy atom. The minimum absolute atomic E-state index is 0.0145. The molecule has 250 valence electrons. The number of terminal acetylenes is 1. The number of allylic oxidation sites excluding steroid dienone is 2. The Morgan fingerprint density at radius 3 is 2.33 bits per heavy atom. The summed E-state index contributed by atoms with van der Waals surface area (Å²) in [6.07, 6.45) is 10.7. The van der Waals surface area contributed by atoms with Crippen LogP contribution in [0.15, 0.2) is 134 Å². The fraction of sp³-hybridized carbons (Fsp3) is 0.244. The van der Waals surface area contributed by atoms with Crippen molar-refractivity contribution in [3.8, 4) is 12.3 Å². The summed E-state index contributed by atoms with van der Waals surface area (Å²) in [4.78, 5) is 5.80. The maximum atomic E-state index is 6.02. The lowest BCUT2D eigenvalue weighted by Gasteiger charge is -2.36. The van der Waals surface area contributed by atoms with Crippen molar-refractivity contribution in [2.75, 3.05) is 18.5 Å². The topological polar surface area (TPSA) is 43.1 Å². The third kappa shape index (κ3) is 8.37. The highest BCUT2D eigenvalue weighted by molar-refractivity contribution is 5.85. The molecule has 5 aromatic rings. The number of aryl methyl sites for hydroxylation is 1. The Bertz CT molecular complexity index is 1940. The van der Waals surface area contributed by atoms with Gasteiger partial charge in [-0.05, 0) is 78.6 Å². The molecule has 4 aromatic carbocycles. The van der Waals surface area contributed by atoms with Crippen molar-refractivity contribution in [2.24, 2.45) is 5.92 Å². The summed E-state index contributed by atoms with van der Waals surface area (Å²) in [6.45, 7) is 20.7. The highest BCUT2D eigenvalue weighted by Gasteiger charge is 2.24. The summed E-state index contributed by atoms with van der Waals surface area (Å²) >= 11 is 0. The molecule has 0 aliphatic heterocycles. The molecule has 0 aliphatic carbocycles. The zero-order valence-electron chi connectivity index (χ0n) is 29.5. The first-order chi connectivity index (χ1) is 23.7. The highest BCUT2D eigenvalue weighted by Crippen LogP contribution is 2.36. The summed E-state index contributed by atoms with van der Waals surface area (Å²) in [5, 5.41) is 8.08. The maximum Gasteiger partial charge on any atom is 0.0560 e. The van der Waals surface area contributed by atoms with Gasteiger partial charge in [0.05, 0.1) is 6.04 Å². The van der Waals surface area contributed by atoms with Gasteiger partial charge in [0, 0.05) is 65.3 Å². The lowest BCUT2D eigenvalue weighted by molar-refractivity contribution is 0.581. The van der Waals surface area contributed by atoms with Gasteiger partial charge in [-0.2, -0.15) is 0 Å². The van der Waals surface area contributed by atoms with Gasteiger partial charge in [-0.1, -0.05) is 118 Å². The molecule has 3 atom stereocenters. The third-order valence-corrected chi connectivity index (χ3v) is 9.68. The predicted octanol–water partition coefficient (Wildman–Crippen LogP) is 10.1. The molecule has 3 N–H and O–H groups in total. The van der Waals surface area contributed by atoms with Gasteiger partial charge in [-0.3, -0.25) is 0 Å². The number of para-hydroxylation sites is 1. The van der Waals surface area contributed by atoms with Crippen LogP contribution in [0, 0.1) is 25.2 Å². The van der Waals surface area contributed by atoms with E-state index < -0.39 is 0 Å². The molecular weight excluding hydrogens is 597 g/mol. The van der Waals surface area contributed by atoms with E-state index in [2.05, 4.69) is 164 Å². The van der Waals surface area contributed by atoms with Crippen LogP contribution < -0.4 is 15.5 Å². The number of hydrogen-bond acceptors (Lipinski definition) is 3. The molecule has 0 saturated heterocycles. The number of anilines is 1. The van der Waals surface area contributed by atoms with E-state index in [4.69, 9.17) is 6.42 Å². The number of rotatable bonds is 16. The van der Waals surface area contributed by atoms with E-state index in [9.17, 15) is 0 Å². The SMILES string of the molecule is C#CC(Cc1ccccc1)c1ccc(C(C)N(C(=C)C(C)CC(=C)NCCc2c[nH]c3c(C)cccc23)c2cccc(C(=C)NC)c2)cc1. The molecule has 0 fully saturated rings. The fourth-order valence-corrected chi connectivity index (χ4v) is 6.65. The van der Waals surface area contributed by atoms with Gasteiger partial charge in [0.2, 0.25) is 0 Å². The maximum absolute atomic E-state index is 6.02. The number of nitrogens with one attached hydrogen (secondary N) is 3. The predicted molar refractivity (Wildman–Crippen MR) is 210 cm³/mol. The van der Waals surface area contributed by atoms with Gasteiger partial charge in [0.1, 0.15) is 0 Å². The molecule has 49 heavy (non-hydrogen) atoms. The number of fused-ring (bicyclic) bond motifs is 1. The Labute approximate surface area is 293 Å². The van der Waals surface area contributed by atoms with Crippen molar-refractivity contribution < 1.29 is 0 Å². The van der Waals surface area contributed by atoms with Gasteiger partial charge in [0.15, 0.2) is 0 Å². The fourth-order valence-electron chi connectivity index (χ4n) is 6.65. The van der Waals surface area contributed by atoms with Gasteiger partial charge in [-0.15, -0.1) is 6.42 Å². The Hall–Kier alpha value is -5.40. The average molecular weight is 647 g/mol. The molecule has 3 unspecified atom stereocenters. The van der Waals surface area contributed by atoms with Gasteiger partial charge >= 0.3 is 0 Å². The second-order valence-electron chi connectivity index (χ2n) is 13.1. The first-order valence-electron chi connectivity index (χ1n) is 17.2. The zero-order chi connectivity index (χ0) is 34.9. The van der Waals surface area contributed by atoms with Gasteiger partial charge < -0.3 is 20.5 Å². The monoisotopic (exact) mass is 646 g/mol. The summed E-state index contributed by atoms with van der Waals surface area (Å²) in [5.41, 5.74) is 12.4.